The van der Waals surface area contributed by atoms with E-state index in [0.717, 1.165) is 0 Å². The van der Waals surface area contributed by atoms with Crippen molar-refractivity contribution in [3.05, 3.63) is 32.8 Å². The van der Waals surface area contributed by atoms with Gasteiger partial charge in [0.25, 0.3) is 0 Å². The Hall–Kier alpha value is 0.560. The lowest BCUT2D eigenvalue weighted by molar-refractivity contribution is 0.0650. The monoisotopic (exact) mass is 584 g/mol. The normalized spacial score (nSPS) is 11.1. The number of aromatic carboxylic acids is 2. The van der Waals surface area contributed by atoms with E-state index in [2.05, 4.69) is 79.6 Å². The predicted octanol–water partition coefficient (Wildman–Crippen LogP) is 5.42. The number of hydrogen-bond donors (Lipinski definition) is 2. The summed E-state index contributed by atoms with van der Waals surface area (Å²) in [6.07, 6.45) is 0. The van der Waals surface area contributed by atoms with E-state index in [1.807, 2.05) is 0 Å². The van der Waals surface area contributed by atoms with E-state index in [9.17, 15) is 14.7 Å². The van der Waals surface area contributed by atoms with Crippen LogP contribution in [0.4, 0.5) is 0 Å². The summed E-state index contributed by atoms with van der Waals surface area (Å²) in [6, 6.07) is 1.33. The lowest BCUT2D eigenvalue weighted by Crippen LogP contribution is -2.12. The summed E-state index contributed by atoms with van der Waals surface area (Å²) in [7, 11) is 0. The van der Waals surface area contributed by atoms with Crippen molar-refractivity contribution >= 4 is 91.6 Å². The smallest absolute Gasteiger partial charge is 0.337 e. The summed E-state index contributed by atoms with van der Waals surface area (Å²) < 4.78 is -0.426. The Bertz CT molecular complexity index is 541. The zero-order chi connectivity index (χ0) is 14.9. The summed E-state index contributed by atoms with van der Waals surface area (Å²) >= 11 is 16.4. The van der Waals surface area contributed by atoms with Crippen molar-refractivity contribution in [2.45, 2.75) is 7.47 Å². The van der Waals surface area contributed by atoms with Crippen molar-refractivity contribution in [2.75, 3.05) is 0 Å². The molecule has 104 valence electrons. The zero-order valence-electron chi connectivity index (χ0n) is 8.83. The molecular formula is C10H5Br5O4. The highest BCUT2D eigenvalue weighted by Crippen LogP contribution is 2.45. The first-order valence-electron chi connectivity index (χ1n) is 4.57. The van der Waals surface area contributed by atoms with Crippen LogP contribution in [0.2, 0.25) is 0 Å². The second kappa shape index (κ2) is 7.02. The first-order chi connectivity index (χ1) is 8.68. The van der Waals surface area contributed by atoms with Crippen molar-refractivity contribution in [1.82, 2.24) is 0 Å². The highest BCUT2D eigenvalue weighted by atomic mass is 79.9. The number of carboxylic acid groups (broad SMARTS) is 2. The van der Waals surface area contributed by atoms with Crippen molar-refractivity contribution < 1.29 is 19.8 Å². The molecule has 0 aromatic heterocycles. The molecule has 0 atom stereocenters. The number of hydrogen-bond acceptors (Lipinski definition) is 2. The van der Waals surface area contributed by atoms with Crippen molar-refractivity contribution in [3.63, 3.8) is 0 Å². The number of carboxylic acids is 2. The van der Waals surface area contributed by atoms with Gasteiger partial charge in [-0.3, -0.25) is 0 Å². The average molecular weight is 589 g/mol. The van der Waals surface area contributed by atoms with Crippen LogP contribution < -0.4 is 0 Å². The van der Waals surface area contributed by atoms with Crippen molar-refractivity contribution in [2.24, 2.45) is 0 Å². The molecule has 0 saturated carbocycles. The molecule has 0 aliphatic rings. The third-order valence-electron chi connectivity index (χ3n) is 2.23. The standard InChI is InChI=1S/C10H5Br5O4/c11-6-4(8(14)15)2(7(12)13)1-3(9(16)17)5(6)10(18)19/h1,7-8H,(H,16,17)(H,18,19). The minimum absolute atomic E-state index is 0.220. The fraction of sp³-hybridized carbons (Fsp3) is 0.200. The molecule has 0 fully saturated rings. The molecule has 4 nitrogen and oxygen atoms in total. The Morgan fingerprint density at radius 3 is 1.84 bits per heavy atom. The van der Waals surface area contributed by atoms with Gasteiger partial charge in [0.15, 0.2) is 0 Å². The molecule has 0 spiro atoms. The first-order valence-corrected chi connectivity index (χ1v) is 9.03. The summed E-state index contributed by atoms with van der Waals surface area (Å²) in [5.74, 6) is -2.61. The molecule has 0 amide bonds. The Labute approximate surface area is 150 Å². The third-order valence-corrected chi connectivity index (χ3v) is 4.96. The summed E-state index contributed by atoms with van der Waals surface area (Å²) in [5.41, 5.74) is 0.646. The number of halogens is 5. The molecular weight excluding hydrogens is 584 g/mol. The van der Waals surface area contributed by atoms with Crippen LogP contribution in [0.5, 0.6) is 0 Å². The van der Waals surface area contributed by atoms with Gasteiger partial charge in [-0.1, -0.05) is 63.7 Å². The Morgan fingerprint density at radius 2 is 1.53 bits per heavy atom. The summed E-state index contributed by atoms with van der Waals surface area (Å²) in [5, 5.41) is 18.3. The maximum atomic E-state index is 11.3. The SMILES string of the molecule is O=C(O)c1cc(C(Br)Br)c(C(Br)Br)c(Br)c1C(=O)O. The first kappa shape index (κ1) is 17.6. The molecule has 1 aromatic carbocycles. The second-order valence-electron chi connectivity index (χ2n) is 3.33. The van der Waals surface area contributed by atoms with Crippen LogP contribution in [0.15, 0.2) is 10.5 Å². The number of rotatable bonds is 4. The fourth-order valence-electron chi connectivity index (χ4n) is 1.47. The third kappa shape index (κ3) is 3.81. The predicted molar refractivity (Wildman–Crippen MR) is 89.3 cm³/mol. The number of alkyl halides is 4. The van der Waals surface area contributed by atoms with Gasteiger partial charge >= 0.3 is 11.9 Å². The summed E-state index contributed by atoms with van der Waals surface area (Å²) in [6.45, 7) is 0. The Morgan fingerprint density at radius 1 is 1.00 bits per heavy atom. The highest BCUT2D eigenvalue weighted by Gasteiger charge is 2.28. The lowest BCUT2D eigenvalue weighted by Gasteiger charge is -2.18. The van der Waals surface area contributed by atoms with E-state index in [4.69, 9.17) is 5.11 Å². The quantitative estimate of drug-likeness (QED) is 0.461. The van der Waals surface area contributed by atoms with Gasteiger partial charge < -0.3 is 10.2 Å². The van der Waals surface area contributed by atoms with E-state index in [1.54, 1.807) is 0 Å². The van der Waals surface area contributed by atoms with Gasteiger partial charge in [-0.15, -0.1) is 0 Å². The molecule has 2 N–H and O–H groups in total. The van der Waals surface area contributed by atoms with E-state index in [1.165, 1.54) is 6.07 Å². The zero-order valence-corrected chi connectivity index (χ0v) is 16.8. The molecule has 0 aliphatic heterocycles. The number of carbonyl (C=O) groups is 2. The number of benzene rings is 1. The van der Waals surface area contributed by atoms with E-state index >= 15 is 0 Å². The maximum absolute atomic E-state index is 11.3. The molecule has 1 aromatic rings. The largest absolute Gasteiger partial charge is 0.478 e. The molecule has 1 rings (SSSR count). The molecule has 0 saturated heterocycles. The van der Waals surface area contributed by atoms with Gasteiger partial charge in [0.1, 0.15) is 0 Å². The second-order valence-corrected chi connectivity index (χ2v) is 10.2. The van der Waals surface area contributed by atoms with Crippen LogP contribution in [0.3, 0.4) is 0 Å². The molecule has 0 bridgehead atoms. The van der Waals surface area contributed by atoms with Crippen molar-refractivity contribution in [3.8, 4) is 0 Å². The van der Waals surface area contributed by atoms with Gasteiger partial charge in [0.2, 0.25) is 0 Å². The van der Waals surface area contributed by atoms with Crippen LogP contribution in [0, 0.1) is 0 Å². The van der Waals surface area contributed by atoms with Crippen LogP contribution in [-0.4, -0.2) is 22.2 Å². The molecule has 0 heterocycles. The Kier molecular flexibility index (Phi) is 6.50. The van der Waals surface area contributed by atoms with Crippen LogP contribution >= 0.6 is 79.6 Å². The van der Waals surface area contributed by atoms with E-state index in [0.29, 0.717) is 11.1 Å². The lowest BCUT2D eigenvalue weighted by atomic mass is 10.00. The van der Waals surface area contributed by atoms with Gasteiger partial charge in [-0.2, -0.15) is 0 Å². The molecule has 9 heteroatoms. The van der Waals surface area contributed by atoms with Gasteiger partial charge in [-0.05, 0) is 33.1 Å². The minimum atomic E-state index is -1.31. The van der Waals surface area contributed by atoms with Crippen LogP contribution in [0.1, 0.15) is 39.3 Å². The topological polar surface area (TPSA) is 74.6 Å². The van der Waals surface area contributed by atoms with E-state index in [-0.39, 0.29) is 23.1 Å². The molecule has 19 heavy (non-hydrogen) atoms. The maximum Gasteiger partial charge on any atom is 0.337 e. The van der Waals surface area contributed by atoms with Crippen LogP contribution in [0.25, 0.3) is 0 Å². The molecule has 0 radical (unpaired) electrons. The van der Waals surface area contributed by atoms with Gasteiger partial charge in [-0.25, -0.2) is 9.59 Å². The molecule has 0 aliphatic carbocycles. The van der Waals surface area contributed by atoms with Crippen LogP contribution in [-0.2, 0) is 0 Å². The van der Waals surface area contributed by atoms with Crippen molar-refractivity contribution in [1.29, 1.82) is 0 Å². The van der Waals surface area contributed by atoms with Gasteiger partial charge in [0, 0.05) is 4.47 Å². The Balaban J connectivity index is 3.80. The molecule has 0 unspecified atom stereocenters. The van der Waals surface area contributed by atoms with Gasteiger partial charge in [0.05, 0.1) is 18.6 Å². The minimum Gasteiger partial charge on any atom is -0.478 e. The van der Waals surface area contributed by atoms with E-state index < -0.39 is 11.9 Å². The summed E-state index contributed by atoms with van der Waals surface area (Å²) in [4.78, 5) is 22.5. The average Bonchev–Trinajstić information content (AvgIpc) is 2.25. The fourth-order valence-corrected chi connectivity index (χ4v) is 4.66. The highest BCUT2D eigenvalue weighted by molar-refractivity contribution is 9.24.